The zero-order valence-corrected chi connectivity index (χ0v) is 7.39. The summed E-state index contributed by atoms with van der Waals surface area (Å²) in [5.41, 5.74) is 3.58. The Morgan fingerprint density at radius 1 is 1.27 bits per heavy atom. The highest BCUT2D eigenvalue weighted by molar-refractivity contribution is 5.50. The molecule has 0 atom stereocenters. The van der Waals surface area contributed by atoms with Gasteiger partial charge in [-0.15, -0.1) is 0 Å². The van der Waals surface area contributed by atoms with Crippen molar-refractivity contribution in [3.05, 3.63) is 36.2 Å². The fourth-order valence-electron chi connectivity index (χ4n) is 0.958. The molecule has 0 aliphatic heterocycles. The van der Waals surface area contributed by atoms with Gasteiger partial charge < -0.3 is 4.90 Å². The number of rotatable bonds is 1. The molecule has 0 saturated heterocycles. The van der Waals surface area contributed by atoms with E-state index >= 15 is 0 Å². The van der Waals surface area contributed by atoms with Crippen LogP contribution < -0.4 is 4.90 Å². The SMILES string of the molecule is [CH2]c1ccc(N(C)C)cc1C. The van der Waals surface area contributed by atoms with Gasteiger partial charge in [-0.25, -0.2) is 0 Å². The van der Waals surface area contributed by atoms with Crippen molar-refractivity contribution in [2.24, 2.45) is 0 Å². The highest BCUT2D eigenvalue weighted by Gasteiger charge is 1.96. The van der Waals surface area contributed by atoms with Gasteiger partial charge in [-0.3, -0.25) is 0 Å². The van der Waals surface area contributed by atoms with Gasteiger partial charge in [0, 0.05) is 19.8 Å². The second-order valence-electron chi connectivity index (χ2n) is 3.01. The lowest BCUT2D eigenvalue weighted by molar-refractivity contribution is 1.13. The van der Waals surface area contributed by atoms with Gasteiger partial charge in [0.1, 0.15) is 0 Å². The first kappa shape index (κ1) is 8.12. The van der Waals surface area contributed by atoms with E-state index in [0.29, 0.717) is 0 Å². The van der Waals surface area contributed by atoms with E-state index in [9.17, 15) is 0 Å². The first-order valence-electron chi connectivity index (χ1n) is 3.71. The third-order valence-electron chi connectivity index (χ3n) is 1.84. The first-order chi connectivity index (χ1) is 5.11. The highest BCUT2D eigenvalue weighted by Crippen LogP contribution is 2.15. The number of aryl methyl sites for hydroxylation is 1. The molecule has 1 aromatic carbocycles. The molecule has 11 heavy (non-hydrogen) atoms. The summed E-state index contributed by atoms with van der Waals surface area (Å²) in [5.74, 6) is 0. The van der Waals surface area contributed by atoms with Crippen LogP contribution in [0.3, 0.4) is 0 Å². The number of nitrogens with zero attached hydrogens (tertiary/aromatic N) is 1. The van der Waals surface area contributed by atoms with Gasteiger partial charge in [-0.2, -0.15) is 0 Å². The summed E-state index contributed by atoms with van der Waals surface area (Å²) in [5, 5.41) is 0. The Morgan fingerprint density at radius 3 is 2.36 bits per heavy atom. The molecule has 0 fully saturated rings. The zero-order valence-electron chi connectivity index (χ0n) is 7.39. The van der Waals surface area contributed by atoms with E-state index < -0.39 is 0 Å². The Labute approximate surface area is 68.7 Å². The Morgan fingerprint density at radius 2 is 1.91 bits per heavy atom. The number of hydrogen-bond donors (Lipinski definition) is 0. The van der Waals surface area contributed by atoms with Crippen LogP contribution in [0.15, 0.2) is 18.2 Å². The van der Waals surface area contributed by atoms with E-state index in [0.717, 1.165) is 5.56 Å². The van der Waals surface area contributed by atoms with Crippen molar-refractivity contribution < 1.29 is 0 Å². The molecule has 1 rings (SSSR count). The predicted molar refractivity (Wildman–Crippen MR) is 50.0 cm³/mol. The van der Waals surface area contributed by atoms with Crippen molar-refractivity contribution in [1.82, 2.24) is 0 Å². The molecule has 0 N–H and O–H groups in total. The van der Waals surface area contributed by atoms with Gasteiger partial charge in [-0.1, -0.05) is 6.07 Å². The first-order valence-corrected chi connectivity index (χ1v) is 3.71. The number of hydrogen-bond acceptors (Lipinski definition) is 1. The third-order valence-corrected chi connectivity index (χ3v) is 1.84. The Kier molecular flexibility index (Phi) is 2.18. The van der Waals surface area contributed by atoms with Gasteiger partial charge in [0.05, 0.1) is 0 Å². The van der Waals surface area contributed by atoms with Crippen LogP contribution in [0.1, 0.15) is 11.1 Å². The second-order valence-corrected chi connectivity index (χ2v) is 3.01. The van der Waals surface area contributed by atoms with Crippen LogP contribution in [0.4, 0.5) is 5.69 Å². The zero-order chi connectivity index (χ0) is 8.43. The van der Waals surface area contributed by atoms with Crippen LogP contribution >= 0.6 is 0 Å². The quantitative estimate of drug-likeness (QED) is 0.590. The van der Waals surface area contributed by atoms with Crippen molar-refractivity contribution in [3.63, 3.8) is 0 Å². The standard InChI is InChI=1S/C10H14N/c1-8-5-6-10(11(3)4)7-9(8)2/h5-7H,1H2,2-4H3. The van der Waals surface area contributed by atoms with E-state index in [4.69, 9.17) is 0 Å². The van der Waals surface area contributed by atoms with Gasteiger partial charge in [-0.05, 0) is 37.1 Å². The largest absolute Gasteiger partial charge is 0.378 e. The molecular formula is C10H14N. The van der Waals surface area contributed by atoms with Crippen molar-refractivity contribution >= 4 is 5.69 Å². The predicted octanol–water partition coefficient (Wildman–Crippen LogP) is 2.24. The van der Waals surface area contributed by atoms with E-state index in [2.05, 4.69) is 30.9 Å². The maximum Gasteiger partial charge on any atom is 0.0363 e. The second kappa shape index (κ2) is 2.95. The molecule has 0 saturated carbocycles. The maximum atomic E-state index is 3.90. The summed E-state index contributed by atoms with van der Waals surface area (Å²) in [4.78, 5) is 2.09. The fraction of sp³-hybridized carbons (Fsp3) is 0.300. The Hall–Kier alpha value is -0.980. The lowest BCUT2D eigenvalue weighted by atomic mass is 10.1. The molecule has 0 aromatic heterocycles. The molecule has 59 valence electrons. The van der Waals surface area contributed by atoms with E-state index in [1.807, 2.05) is 20.2 Å². The Bertz CT molecular complexity index is 251. The van der Waals surface area contributed by atoms with E-state index in [-0.39, 0.29) is 0 Å². The molecule has 1 heteroatoms. The molecule has 0 unspecified atom stereocenters. The molecule has 0 aliphatic carbocycles. The van der Waals surface area contributed by atoms with Crippen LogP contribution in [0.25, 0.3) is 0 Å². The molecule has 0 heterocycles. The molecule has 1 radical (unpaired) electrons. The highest BCUT2D eigenvalue weighted by atomic mass is 15.1. The molecule has 0 bridgehead atoms. The summed E-state index contributed by atoms with van der Waals surface area (Å²) in [6, 6.07) is 6.27. The van der Waals surface area contributed by atoms with Crippen LogP contribution in [-0.4, -0.2) is 14.1 Å². The summed E-state index contributed by atoms with van der Waals surface area (Å²) in [6.07, 6.45) is 0. The minimum atomic E-state index is 1.11. The van der Waals surface area contributed by atoms with Gasteiger partial charge in [0.15, 0.2) is 0 Å². The third kappa shape index (κ3) is 1.73. The lowest BCUT2D eigenvalue weighted by Gasteiger charge is -2.13. The van der Waals surface area contributed by atoms with Crippen molar-refractivity contribution in [2.75, 3.05) is 19.0 Å². The average molecular weight is 148 g/mol. The summed E-state index contributed by atoms with van der Waals surface area (Å²) in [7, 11) is 4.08. The molecule has 1 aromatic rings. The van der Waals surface area contributed by atoms with E-state index in [1.54, 1.807) is 0 Å². The van der Waals surface area contributed by atoms with Crippen LogP contribution in [0.5, 0.6) is 0 Å². The summed E-state index contributed by atoms with van der Waals surface area (Å²) in [6.45, 7) is 5.98. The fourth-order valence-corrected chi connectivity index (χ4v) is 0.958. The minimum Gasteiger partial charge on any atom is -0.378 e. The van der Waals surface area contributed by atoms with E-state index in [1.165, 1.54) is 11.3 Å². The molecular weight excluding hydrogens is 134 g/mol. The topological polar surface area (TPSA) is 3.24 Å². The Balaban J connectivity index is 3.05. The molecule has 1 nitrogen and oxygen atoms in total. The van der Waals surface area contributed by atoms with Gasteiger partial charge in [0.25, 0.3) is 0 Å². The number of benzene rings is 1. The lowest BCUT2D eigenvalue weighted by Crippen LogP contribution is -2.08. The van der Waals surface area contributed by atoms with Crippen molar-refractivity contribution in [1.29, 1.82) is 0 Å². The molecule has 0 aliphatic rings. The minimum absolute atomic E-state index is 1.11. The monoisotopic (exact) mass is 148 g/mol. The van der Waals surface area contributed by atoms with Crippen LogP contribution in [-0.2, 0) is 0 Å². The van der Waals surface area contributed by atoms with Crippen molar-refractivity contribution in [3.8, 4) is 0 Å². The normalized spacial score (nSPS) is 9.82. The smallest absolute Gasteiger partial charge is 0.0363 e. The summed E-state index contributed by atoms with van der Waals surface area (Å²) < 4.78 is 0. The van der Waals surface area contributed by atoms with Crippen LogP contribution in [0.2, 0.25) is 0 Å². The summed E-state index contributed by atoms with van der Waals surface area (Å²) >= 11 is 0. The maximum absolute atomic E-state index is 3.90. The van der Waals surface area contributed by atoms with Crippen molar-refractivity contribution in [2.45, 2.75) is 6.92 Å². The van der Waals surface area contributed by atoms with Gasteiger partial charge >= 0.3 is 0 Å². The van der Waals surface area contributed by atoms with Crippen LogP contribution in [0, 0.1) is 13.8 Å². The number of anilines is 1. The molecule has 0 spiro atoms. The molecule has 0 amide bonds. The average Bonchev–Trinajstić information content (AvgIpc) is 1.94. The van der Waals surface area contributed by atoms with Gasteiger partial charge in [0.2, 0.25) is 0 Å².